The molecule has 2 amide bonds. The first-order valence-corrected chi connectivity index (χ1v) is 12.5. The molecule has 4 rings (SSSR count). The van der Waals surface area contributed by atoms with Crippen LogP contribution in [-0.4, -0.2) is 40.3 Å². The Morgan fingerprint density at radius 2 is 2.00 bits per heavy atom. The number of aliphatic imine (C=N–C) groups is 2. The number of hydrogen-bond acceptors (Lipinski definition) is 5. The average molecular weight is 463 g/mol. The lowest BCUT2D eigenvalue weighted by atomic mass is 10.1. The molecule has 172 valence electrons. The van der Waals surface area contributed by atoms with Crippen LogP contribution >= 0.6 is 11.8 Å². The van der Waals surface area contributed by atoms with Gasteiger partial charge in [0.25, 0.3) is 5.91 Å². The molecule has 0 fully saturated rings. The van der Waals surface area contributed by atoms with Gasteiger partial charge in [-0.05, 0) is 49.9 Å². The van der Waals surface area contributed by atoms with Crippen LogP contribution in [0.4, 0.5) is 5.69 Å². The van der Waals surface area contributed by atoms with Crippen molar-refractivity contribution in [2.75, 3.05) is 6.54 Å². The van der Waals surface area contributed by atoms with E-state index in [0.717, 1.165) is 24.1 Å². The predicted molar refractivity (Wildman–Crippen MR) is 135 cm³/mol. The number of para-hydroxylation sites is 1. The van der Waals surface area contributed by atoms with Crippen molar-refractivity contribution in [2.24, 2.45) is 9.98 Å². The standard InChI is InChI=1S/C26H30N4O2S/c1-4-5-14-27-23(31)13-12-22-25(32)30-24(28-22)20-8-6-7-9-21(20)29-26(30)33-16-19-11-10-17(2)15-18(19)3/h6-11,15,22H,4-5,12-14,16H2,1-3H3,(H,27,31). The summed E-state index contributed by atoms with van der Waals surface area (Å²) in [6.07, 6.45) is 2.67. The van der Waals surface area contributed by atoms with E-state index in [1.165, 1.54) is 16.7 Å². The van der Waals surface area contributed by atoms with Crippen LogP contribution in [0, 0.1) is 13.8 Å². The first kappa shape index (κ1) is 23.2. The molecule has 2 aromatic rings. The third-order valence-corrected chi connectivity index (χ3v) is 6.89. The van der Waals surface area contributed by atoms with Gasteiger partial charge in [-0.25, -0.2) is 9.89 Å². The smallest absolute Gasteiger partial charge is 0.259 e. The highest BCUT2D eigenvalue weighted by molar-refractivity contribution is 8.13. The van der Waals surface area contributed by atoms with Gasteiger partial charge in [0.2, 0.25) is 5.91 Å². The lowest BCUT2D eigenvalue weighted by molar-refractivity contribution is -0.125. The van der Waals surface area contributed by atoms with E-state index in [1.54, 1.807) is 16.7 Å². The number of amides is 2. The third-order valence-electron chi connectivity index (χ3n) is 5.90. The summed E-state index contributed by atoms with van der Waals surface area (Å²) in [5.74, 6) is 1.23. The van der Waals surface area contributed by atoms with Crippen molar-refractivity contribution >= 4 is 40.3 Å². The first-order chi connectivity index (χ1) is 16.0. The summed E-state index contributed by atoms with van der Waals surface area (Å²) in [6, 6.07) is 13.6. The zero-order chi connectivity index (χ0) is 23.4. The summed E-state index contributed by atoms with van der Waals surface area (Å²) in [5, 5.41) is 3.56. The average Bonchev–Trinajstić information content (AvgIpc) is 3.14. The summed E-state index contributed by atoms with van der Waals surface area (Å²) in [7, 11) is 0. The minimum absolute atomic E-state index is 0.0279. The molecule has 2 aliphatic rings. The normalized spacial score (nSPS) is 16.8. The largest absolute Gasteiger partial charge is 0.356 e. The van der Waals surface area contributed by atoms with Crippen LogP contribution in [0.15, 0.2) is 52.4 Å². The number of aryl methyl sites for hydroxylation is 2. The molecule has 2 heterocycles. The van der Waals surface area contributed by atoms with Gasteiger partial charge in [-0.15, -0.1) is 0 Å². The molecule has 2 aliphatic heterocycles. The molecule has 1 atom stereocenters. The van der Waals surface area contributed by atoms with Gasteiger partial charge in [-0.3, -0.25) is 14.6 Å². The number of benzene rings is 2. The van der Waals surface area contributed by atoms with Crippen LogP contribution in [0.5, 0.6) is 0 Å². The summed E-state index contributed by atoms with van der Waals surface area (Å²) >= 11 is 1.55. The maximum Gasteiger partial charge on any atom is 0.259 e. The molecule has 7 heteroatoms. The Hall–Kier alpha value is -2.93. The van der Waals surface area contributed by atoms with Crippen LogP contribution in [0.25, 0.3) is 0 Å². The minimum Gasteiger partial charge on any atom is -0.356 e. The molecule has 0 saturated carbocycles. The van der Waals surface area contributed by atoms with E-state index in [-0.39, 0.29) is 18.2 Å². The van der Waals surface area contributed by atoms with E-state index in [0.29, 0.717) is 29.7 Å². The Bertz CT molecular complexity index is 1130. The molecule has 1 unspecified atom stereocenters. The topological polar surface area (TPSA) is 74.1 Å². The summed E-state index contributed by atoms with van der Waals surface area (Å²) < 4.78 is 0. The lowest BCUT2D eigenvalue weighted by Gasteiger charge is -2.25. The van der Waals surface area contributed by atoms with E-state index < -0.39 is 6.04 Å². The zero-order valence-electron chi connectivity index (χ0n) is 19.4. The van der Waals surface area contributed by atoms with E-state index in [1.807, 2.05) is 24.3 Å². The number of rotatable bonds is 8. The number of nitrogens with one attached hydrogen (secondary N) is 1. The van der Waals surface area contributed by atoms with Gasteiger partial charge in [0.15, 0.2) is 5.17 Å². The fourth-order valence-corrected chi connectivity index (χ4v) is 5.07. The Morgan fingerprint density at radius 1 is 1.18 bits per heavy atom. The Labute approximate surface area is 199 Å². The van der Waals surface area contributed by atoms with Crippen LogP contribution in [0.1, 0.15) is 54.9 Å². The van der Waals surface area contributed by atoms with Crippen LogP contribution in [0.3, 0.4) is 0 Å². The van der Waals surface area contributed by atoms with Crippen molar-refractivity contribution < 1.29 is 9.59 Å². The molecule has 0 saturated heterocycles. The SMILES string of the molecule is CCCCNC(=O)CCC1N=C2c3ccccc3N=C(SCc3ccc(C)cc3C)N2C1=O. The summed E-state index contributed by atoms with van der Waals surface area (Å²) in [4.78, 5) is 36.7. The van der Waals surface area contributed by atoms with Crippen molar-refractivity contribution in [2.45, 2.75) is 58.2 Å². The second-order valence-corrected chi connectivity index (χ2v) is 9.46. The highest BCUT2D eigenvalue weighted by Gasteiger charge is 2.41. The number of fused-ring (bicyclic) bond motifs is 3. The maximum absolute atomic E-state index is 13.3. The van der Waals surface area contributed by atoms with Gasteiger partial charge in [0, 0.05) is 24.3 Å². The van der Waals surface area contributed by atoms with Crippen molar-refractivity contribution in [3.05, 3.63) is 64.7 Å². The summed E-state index contributed by atoms with van der Waals surface area (Å²) in [5.41, 5.74) is 5.36. The number of hydrogen-bond donors (Lipinski definition) is 1. The Kier molecular flexibility index (Phi) is 7.28. The predicted octanol–water partition coefficient (Wildman–Crippen LogP) is 4.89. The first-order valence-electron chi connectivity index (χ1n) is 11.5. The molecule has 0 aromatic heterocycles. The molecular formula is C26H30N4O2S. The molecule has 33 heavy (non-hydrogen) atoms. The highest BCUT2D eigenvalue weighted by atomic mass is 32.2. The van der Waals surface area contributed by atoms with Crippen molar-refractivity contribution in [3.8, 4) is 0 Å². The van der Waals surface area contributed by atoms with E-state index >= 15 is 0 Å². The number of thioether (sulfide) groups is 1. The number of nitrogens with zero attached hydrogens (tertiary/aromatic N) is 3. The molecule has 1 N–H and O–H groups in total. The van der Waals surface area contributed by atoms with E-state index in [4.69, 9.17) is 9.98 Å². The fourth-order valence-electron chi connectivity index (χ4n) is 4.00. The minimum atomic E-state index is -0.560. The molecule has 0 bridgehead atoms. The number of unbranched alkanes of at least 4 members (excludes halogenated alkanes) is 1. The second kappa shape index (κ2) is 10.3. The Morgan fingerprint density at radius 3 is 2.79 bits per heavy atom. The zero-order valence-corrected chi connectivity index (χ0v) is 20.2. The van der Waals surface area contributed by atoms with Crippen LogP contribution < -0.4 is 5.32 Å². The van der Waals surface area contributed by atoms with E-state index in [9.17, 15) is 9.59 Å². The van der Waals surface area contributed by atoms with Crippen molar-refractivity contribution in [3.63, 3.8) is 0 Å². The maximum atomic E-state index is 13.3. The molecule has 0 spiro atoms. The number of amidine groups is 2. The second-order valence-electron chi connectivity index (χ2n) is 8.51. The van der Waals surface area contributed by atoms with Gasteiger partial charge in [-0.1, -0.05) is 61.0 Å². The number of carbonyl (C=O) groups excluding carboxylic acids is 2. The fraction of sp³-hybridized carbons (Fsp3) is 0.385. The lowest BCUT2D eigenvalue weighted by Crippen LogP contribution is -2.41. The third kappa shape index (κ3) is 5.19. The van der Waals surface area contributed by atoms with Gasteiger partial charge >= 0.3 is 0 Å². The molecule has 0 aliphatic carbocycles. The van der Waals surface area contributed by atoms with Gasteiger partial charge < -0.3 is 5.32 Å². The monoisotopic (exact) mass is 462 g/mol. The molecule has 2 aromatic carbocycles. The van der Waals surface area contributed by atoms with Crippen molar-refractivity contribution in [1.29, 1.82) is 0 Å². The molecule has 0 radical (unpaired) electrons. The van der Waals surface area contributed by atoms with Crippen LogP contribution in [-0.2, 0) is 15.3 Å². The quantitative estimate of drug-likeness (QED) is 0.568. The van der Waals surface area contributed by atoms with Gasteiger partial charge in [0.05, 0.1) is 5.69 Å². The molecule has 6 nitrogen and oxygen atoms in total. The van der Waals surface area contributed by atoms with E-state index in [2.05, 4.69) is 44.3 Å². The number of carbonyl (C=O) groups is 2. The van der Waals surface area contributed by atoms with Crippen LogP contribution in [0.2, 0.25) is 0 Å². The van der Waals surface area contributed by atoms with Gasteiger partial charge in [-0.2, -0.15) is 0 Å². The molecular weight excluding hydrogens is 432 g/mol. The Balaban J connectivity index is 1.52. The van der Waals surface area contributed by atoms with Crippen molar-refractivity contribution in [1.82, 2.24) is 10.2 Å². The highest BCUT2D eigenvalue weighted by Crippen LogP contribution is 2.35. The summed E-state index contributed by atoms with van der Waals surface area (Å²) in [6.45, 7) is 6.96. The van der Waals surface area contributed by atoms with Gasteiger partial charge in [0.1, 0.15) is 11.9 Å².